The van der Waals surface area contributed by atoms with Gasteiger partial charge >= 0.3 is 6.03 Å². The quantitative estimate of drug-likeness (QED) is 0.317. The summed E-state index contributed by atoms with van der Waals surface area (Å²) in [5.41, 5.74) is 13.2. The van der Waals surface area contributed by atoms with Crippen molar-refractivity contribution in [1.82, 2.24) is 10.2 Å². The van der Waals surface area contributed by atoms with Gasteiger partial charge in [0.05, 0.1) is 5.92 Å². The molecular formula is C27H30N4O4. The zero-order chi connectivity index (χ0) is 25.2. The summed E-state index contributed by atoms with van der Waals surface area (Å²) in [5.74, 6) is -1.47. The van der Waals surface area contributed by atoms with Gasteiger partial charge in [0.1, 0.15) is 11.8 Å². The number of primary amides is 2. The van der Waals surface area contributed by atoms with Crippen LogP contribution in [-0.2, 0) is 16.1 Å². The van der Waals surface area contributed by atoms with Crippen molar-refractivity contribution >= 4 is 17.8 Å². The highest BCUT2D eigenvalue weighted by atomic mass is 16.3. The third-order valence-electron chi connectivity index (χ3n) is 5.74. The molecule has 0 heterocycles. The lowest BCUT2D eigenvalue weighted by molar-refractivity contribution is -0.141. The van der Waals surface area contributed by atoms with Crippen LogP contribution in [0.4, 0.5) is 4.79 Å². The lowest BCUT2D eigenvalue weighted by Crippen LogP contribution is -2.49. The summed E-state index contributed by atoms with van der Waals surface area (Å²) in [4.78, 5) is 39.3. The monoisotopic (exact) mass is 474 g/mol. The second-order valence-corrected chi connectivity index (χ2v) is 8.24. The van der Waals surface area contributed by atoms with Gasteiger partial charge in [0.25, 0.3) is 0 Å². The largest absolute Gasteiger partial charge is 0.508 e. The highest BCUT2D eigenvalue weighted by Gasteiger charge is 2.34. The molecule has 0 saturated heterocycles. The zero-order valence-corrected chi connectivity index (χ0v) is 19.3. The maximum atomic E-state index is 14.2. The molecule has 0 fully saturated rings. The van der Waals surface area contributed by atoms with Gasteiger partial charge in [-0.05, 0) is 41.7 Å². The Hall–Kier alpha value is -4.33. The first-order valence-electron chi connectivity index (χ1n) is 11.4. The summed E-state index contributed by atoms with van der Waals surface area (Å²) in [6, 6.07) is 23.6. The van der Waals surface area contributed by atoms with E-state index < -0.39 is 23.9 Å². The molecule has 0 unspecified atom stereocenters. The van der Waals surface area contributed by atoms with E-state index in [0.717, 1.165) is 16.7 Å². The number of phenolic OH excluding ortho intramolecular Hbond substituents is 1. The Morgan fingerprint density at radius 1 is 0.829 bits per heavy atom. The molecule has 0 spiro atoms. The van der Waals surface area contributed by atoms with Gasteiger partial charge < -0.3 is 26.8 Å². The van der Waals surface area contributed by atoms with E-state index in [1.807, 2.05) is 60.7 Å². The Kier molecular flexibility index (Phi) is 8.83. The molecule has 3 aromatic carbocycles. The van der Waals surface area contributed by atoms with Crippen LogP contribution in [0.3, 0.4) is 0 Å². The normalized spacial score (nSPS) is 11.6. The van der Waals surface area contributed by atoms with E-state index in [4.69, 9.17) is 11.5 Å². The lowest BCUT2D eigenvalue weighted by atomic mass is 9.89. The zero-order valence-electron chi connectivity index (χ0n) is 19.3. The SMILES string of the molecule is NC(=O)NCCC[C@H](C(N)=O)N(Cc1ccc(O)cc1)C(=O)C(c1ccccc1)c1ccccc1. The summed E-state index contributed by atoms with van der Waals surface area (Å²) >= 11 is 0. The number of urea groups is 1. The van der Waals surface area contributed by atoms with Crippen LogP contribution in [0.2, 0.25) is 0 Å². The molecular weight excluding hydrogens is 444 g/mol. The Bertz CT molecular complexity index is 1080. The topological polar surface area (TPSA) is 139 Å². The van der Waals surface area contributed by atoms with Crippen LogP contribution in [0.25, 0.3) is 0 Å². The molecule has 0 bridgehead atoms. The number of hydrogen-bond donors (Lipinski definition) is 4. The fourth-order valence-corrected chi connectivity index (χ4v) is 4.03. The van der Waals surface area contributed by atoms with E-state index in [1.54, 1.807) is 12.1 Å². The number of carbonyl (C=O) groups is 3. The van der Waals surface area contributed by atoms with Crippen molar-refractivity contribution in [2.45, 2.75) is 31.3 Å². The van der Waals surface area contributed by atoms with Gasteiger partial charge in [-0.1, -0.05) is 72.8 Å². The minimum Gasteiger partial charge on any atom is -0.508 e. The number of nitrogens with one attached hydrogen (secondary N) is 1. The Morgan fingerprint density at radius 3 is 1.86 bits per heavy atom. The molecule has 0 aliphatic heterocycles. The van der Waals surface area contributed by atoms with Crippen molar-refractivity contribution in [3.05, 3.63) is 102 Å². The number of benzene rings is 3. The first-order valence-corrected chi connectivity index (χ1v) is 11.4. The number of nitrogens with zero attached hydrogens (tertiary/aromatic N) is 1. The molecule has 0 aliphatic carbocycles. The standard InChI is InChI=1S/C27H30N4O4/c28-25(33)23(12-7-17-30-27(29)35)31(18-19-13-15-22(32)16-14-19)26(34)24(20-8-3-1-4-9-20)21-10-5-2-6-11-21/h1-6,8-11,13-16,23-24,32H,7,12,17-18H2,(H2,28,33)(H3,29,30,35)/t23-/m1/s1. The van der Waals surface area contributed by atoms with Gasteiger partial charge in [-0.3, -0.25) is 9.59 Å². The Morgan fingerprint density at radius 2 is 1.37 bits per heavy atom. The van der Waals surface area contributed by atoms with Crippen molar-refractivity contribution in [2.24, 2.45) is 11.5 Å². The molecule has 8 nitrogen and oxygen atoms in total. The van der Waals surface area contributed by atoms with Gasteiger partial charge in [-0.15, -0.1) is 0 Å². The summed E-state index contributed by atoms with van der Waals surface area (Å²) in [7, 11) is 0. The van der Waals surface area contributed by atoms with Gasteiger partial charge in [-0.25, -0.2) is 4.79 Å². The number of phenols is 1. The molecule has 8 heteroatoms. The van der Waals surface area contributed by atoms with E-state index in [1.165, 1.54) is 17.0 Å². The second-order valence-electron chi connectivity index (χ2n) is 8.24. The third kappa shape index (κ3) is 7.07. The highest BCUT2D eigenvalue weighted by molar-refractivity contribution is 5.92. The molecule has 6 N–H and O–H groups in total. The number of carbonyl (C=O) groups excluding carboxylic acids is 3. The van der Waals surface area contributed by atoms with E-state index in [2.05, 4.69) is 5.32 Å². The van der Waals surface area contributed by atoms with Gasteiger partial charge in [0.15, 0.2) is 0 Å². The predicted molar refractivity (Wildman–Crippen MR) is 133 cm³/mol. The van der Waals surface area contributed by atoms with E-state index >= 15 is 0 Å². The van der Waals surface area contributed by atoms with Crippen LogP contribution in [-0.4, -0.2) is 40.4 Å². The fourth-order valence-electron chi connectivity index (χ4n) is 4.03. The first kappa shape index (κ1) is 25.3. The molecule has 3 aromatic rings. The summed E-state index contributed by atoms with van der Waals surface area (Å²) in [6.07, 6.45) is 0.646. The number of aromatic hydroxyl groups is 1. The molecule has 0 aliphatic rings. The van der Waals surface area contributed by atoms with Crippen LogP contribution in [0.15, 0.2) is 84.9 Å². The number of hydrogen-bond acceptors (Lipinski definition) is 4. The average Bonchev–Trinajstić information content (AvgIpc) is 2.85. The number of nitrogens with two attached hydrogens (primary N) is 2. The molecule has 0 radical (unpaired) electrons. The second kappa shape index (κ2) is 12.2. The predicted octanol–water partition coefficient (Wildman–Crippen LogP) is 2.86. The van der Waals surface area contributed by atoms with Crippen LogP contribution >= 0.6 is 0 Å². The molecule has 0 saturated carbocycles. The van der Waals surface area contributed by atoms with Crippen LogP contribution in [0.1, 0.15) is 35.4 Å². The molecule has 0 aromatic heterocycles. The van der Waals surface area contributed by atoms with E-state index in [9.17, 15) is 19.5 Å². The van der Waals surface area contributed by atoms with Crippen molar-refractivity contribution in [2.75, 3.05) is 6.54 Å². The van der Waals surface area contributed by atoms with Crippen LogP contribution in [0, 0.1) is 0 Å². The Labute approximate surface area is 204 Å². The number of rotatable bonds is 11. The van der Waals surface area contributed by atoms with Gasteiger partial charge in [0, 0.05) is 13.1 Å². The van der Waals surface area contributed by atoms with Crippen molar-refractivity contribution in [1.29, 1.82) is 0 Å². The minimum atomic E-state index is -0.916. The minimum absolute atomic E-state index is 0.0991. The van der Waals surface area contributed by atoms with Crippen LogP contribution < -0.4 is 16.8 Å². The summed E-state index contributed by atoms with van der Waals surface area (Å²) in [5, 5.41) is 12.2. The molecule has 35 heavy (non-hydrogen) atoms. The molecule has 3 rings (SSSR count). The molecule has 182 valence electrons. The average molecular weight is 475 g/mol. The highest BCUT2D eigenvalue weighted by Crippen LogP contribution is 2.29. The summed E-state index contributed by atoms with van der Waals surface area (Å²) < 4.78 is 0. The van der Waals surface area contributed by atoms with Crippen molar-refractivity contribution in [3.63, 3.8) is 0 Å². The van der Waals surface area contributed by atoms with Gasteiger partial charge in [-0.2, -0.15) is 0 Å². The fraction of sp³-hybridized carbons (Fsp3) is 0.222. The third-order valence-corrected chi connectivity index (χ3v) is 5.74. The first-order chi connectivity index (χ1) is 16.9. The maximum Gasteiger partial charge on any atom is 0.312 e. The van der Waals surface area contributed by atoms with Crippen LogP contribution in [0.5, 0.6) is 5.75 Å². The van der Waals surface area contributed by atoms with Crippen molar-refractivity contribution in [3.8, 4) is 5.75 Å². The lowest BCUT2D eigenvalue weighted by Gasteiger charge is -2.33. The van der Waals surface area contributed by atoms with E-state index in [0.29, 0.717) is 6.42 Å². The maximum absolute atomic E-state index is 14.2. The molecule has 4 amide bonds. The van der Waals surface area contributed by atoms with Gasteiger partial charge in [0.2, 0.25) is 11.8 Å². The smallest absolute Gasteiger partial charge is 0.312 e. The Balaban J connectivity index is 2.00. The number of amides is 4. The van der Waals surface area contributed by atoms with E-state index in [-0.39, 0.29) is 31.2 Å². The van der Waals surface area contributed by atoms with Crippen molar-refractivity contribution < 1.29 is 19.5 Å². The molecule has 1 atom stereocenters. The summed E-state index contributed by atoms with van der Waals surface area (Å²) in [6.45, 7) is 0.368.